The average molecular weight is 252 g/mol. The Morgan fingerprint density at radius 2 is 2.33 bits per heavy atom. The van der Waals surface area contributed by atoms with Gasteiger partial charge in [0.05, 0.1) is 6.54 Å². The third-order valence-electron chi connectivity index (χ3n) is 3.67. The maximum atomic E-state index is 12.1. The van der Waals surface area contributed by atoms with E-state index in [0.29, 0.717) is 24.7 Å². The molecule has 0 bridgehead atoms. The van der Waals surface area contributed by atoms with Gasteiger partial charge in [0.15, 0.2) is 5.82 Å². The van der Waals surface area contributed by atoms with Gasteiger partial charge in [0.25, 0.3) is 0 Å². The van der Waals surface area contributed by atoms with E-state index >= 15 is 0 Å². The van der Waals surface area contributed by atoms with Crippen LogP contribution in [0.2, 0.25) is 0 Å². The number of carbonyl (C=O) groups excluding carboxylic acids is 1. The van der Waals surface area contributed by atoms with Crippen molar-refractivity contribution in [3.63, 3.8) is 0 Å². The van der Waals surface area contributed by atoms with Gasteiger partial charge in [-0.05, 0) is 29.2 Å². The molecule has 0 aliphatic heterocycles. The molecule has 0 spiro atoms. The van der Waals surface area contributed by atoms with Crippen LogP contribution >= 0.6 is 0 Å². The molecule has 1 amide bonds. The molecule has 1 aliphatic carbocycles. The molecule has 0 aromatic carbocycles. The van der Waals surface area contributed by atoms with Crippen LogP contribution in [0.5, 0.6) is 0 Å². The molecule has 1 saturated carbocycles. The molecule has 0 unspecified atom stereocenters. The summed E-state index contributed by atoms with van der Waals surface area (Å²) in [6.45, 7) is 0.435. The summed E-state index contributed by atoms with van der Waals surface area (Å²) in [7, 11) is 3.54. The summed E-state index contributed by atoms with van der Waals surface area (Å²) in [6, 6.07) is 0.179. The van der Waals surface area contributed by atoms with Gasteiger partial charge in [-0.3, -0.25) is 4.79 Å². The summed E-state index contributed by atoms with van der Waals surface area (Å²) in [5.74, 6) is 1.12. The monoisotopic (exact) mass is 252 g/mol. The van der Waals surface area contributed by atoms with Crippen LogP contribution in [0.25, 0.3) is 0 Å². The lowest BCUT2D eigenvalue weighted by Gasteiger charge is -2.20. The van der Waals surface area contributed by atoms with E-state index in [9.17, 15) is 4.79 Å². The Kier molecular flexibility index (Phi) is 3.90. The lowest BCUT2D eigenvalue weighted by atomic mass is 9.99. The molecule has 1 aliphatic rings. The number of rotatable bonds is 4. The molecule has 1 aromatic heterocycles. The van der Waals surface area contributed by atoms with Crippen LogP contribution in [0.3, 0.4) is 0 Å². The lowest BCUT2D eigenvalue weighted by Crippen LogP contribution is -2.33. The highest BCUT2D eigenvalue weighted by Gasteiger charge is 2.27. The molecule has 0 radical (unpaired) electrons. The Labute approximate surface area is 106 Å². The predicted molar refractivity (Wildman–Crippen MR) is 65.2 cm³/mol. The first-order valence-corrected chi connectivity index (χ1v) is 6.28. The third kappa shape index (κ3) is 2.84. The zero-order chi connectivity index (χ0) is 13.1. The van der Waals surface area contributed by atoms with Crippen molar-refractivity contribution in [2.75, 3.05) is 7.05 Å². The van der Waals surface area contributed by atoms with Gasteiger partial charge in [-0.25, -0.2) is 4.68 Å². The Morgan fingerprint density at radius 1 is 1.56 bits per heavy atom. The first kappa shape index (κ1) is 12.9. The van der Waals surface area contributed by atoms with Crippen LogP contribution < -0.4 is 5.73 Å². The second-order valence-electron chi connectivity index (χ2n) is 5.03. The number of nitrogens with zero attached hydrogens (tertiary/aromatic N) is 5. The van der Waals surface area contributed by atoms with Crippen molar-refractivity contribution in [2.45, 2.75) is 38.3 Å². The molecule has 18 heavy (non-hydrogen) atoms. The maximum Gasteiger partial charge on any atom is 0.223 e. The van der Waals surface area contributed by atoms with E-state index < -0.39 is 0 Å². The Morgan fingerprint density at radius 3 is 2.89 bits per heavy atom. The Balaban J connectivity index is 1.87. The third-order valence-corrected chi connectivity index (χ3v) is 3.67. The van der Waals surface area contributed by atoms with E-state index in [0.717, 1.165) is 19.3 Å². The van der Waals surface area contributed by atoms with E-state index in [1.807, 2.05) is 0 Å². The molecule has 2 rings (SSSR count). The van der Waals surface area contributed by atoms with Crippen molar-refractivity contribution in [1.82, 2.24) is 25.1 Å². The van der Waals surface area contributed by atoms with E-state index in [4.69, 9.17) is 5.73 Å². The number of aryl methyl sites for hydroxylation is 1. The van der Waals surface area contributed by atoms with Crippen molar-refractivity contribution in [3.05, 3.63) is 5.82 Å². The molecule has 2 atom stereocenters. The molecule has 1 heterocycles. The smallest absolute Gasteiger partial charge is 0.223 e. The molecule has 0 saturated heterocycles. The topological polar surface area (TPSA) is 89.9 Å². The molecule has 7 nitrogen and oxygen atoms in total. The van der Waals surface area contributed by atoms with Crippen LogP contribution in [-0.4, -0.2) is 44.1 Å². The number of carbonyl (C=O) groups is 1. The summed E-state index contributed by atoms with van der Waals surface area (Å²) in [6.07, 6.45) is 3.76. The number of tetrazole rings is 1. The average Bonchev–Trinajstić information content (AvgIpc) is 2.90. The fourth-order valence-corrected chi connectivity index (χ4v) is 2.38. The van der Waals surface area contributed by atoms with E-state index in [-0.39, 0.29) is 11.9 Å². The molecule has 2 N–H and O–H groups in total. The first-order valence-electron chi connectivity index (χ1n) is 6.28. The van der Waals surface area contributed by atoms with Gasteiger partial charge in [-0.2, -0.15) is 0 Å². The minimum Gasteiger partial charge on any atom is -0.338 e. The maximum absolute atomic E-state index is 12.1. The Hall–Kier alpha value is -1.50. The highest BCUT2D eigenvalue weighted by Crippen LogP contribution is 2.27. The van der Waals surface area contributed by atoms with Gasteiger partial charge in [-0.15, -0.1) is 5.10 Å². The van der Waals surface area contributed by atoms with Gasteiger partial charge in [0.2, 0.25) is 5.91 Å². The van der Waals surface area contributed by atoms with Crippen molar-refractivity contribution in [1.29, 1.82) is 0 Å². The Bertz CT molecular complexity index is 417. The number of nitrogens with two attached hydrogens (primary N) is 1. The van der Waals surface area contributed by atoms with Crippen LogP contribution in [0.4, 0.5) is 0 Å². The van der Waals surface area contributed by atoms with Crippen LogP contribution in [0.15, 0.2) is 0 Å². The largest absolute Gasteiger partial charge is 0.338 e. The summed E-state index contributed by atoms with van der Waals surface area (Å²) in [5.41, 5.74) is 5.98. The van der Waals surface area contributed by atoms with Crippen LogP contribution in [0.1, 0.15) is 31.5 Å². The predicted octanol–water partition coefficient (Wildman–Crippen LogP) is -0.314. The van der Waals surface area contributed by atoms with Crippen molar-refractivity contribution in [3.8, 4) is 0 Å². The normalized spacial score (nSPS) is 23.3. The van der Waals surface area contributed by atoms with Crippen LogP contribution in [0, 0.1) is 5.92 Å². The van der Waals surface area contributed by atoms with Gasteiger partial charge in [0, 0.05) is 26.6 Å². The number of hydrogen-bond donors (Lipinski definition) is 1. The molecule has 1 fully saturated rings. The zero-order valence-corrected chi connectivity index (χ0v) is 10.9. The minimum absolute atomic E-state index is 0.111. The minimum atomic E-state index is 0.111. The van der Waals surface area contributed by atoms with E-state index in [2.05, 4.69) is 15.5 Å². The highest BCUT2D eigenvalue weighted by molar-refractivity contribution is 5.76. The zero-order valence-electron chi connectivity index (χ0n) is 10.9. The van der Waals surface area contributed by atoms with Gasteiger partial charge in [0.1, 0.15) is 0 Å². The van der Waals surface area contributed by atoms with Crippen molar-refractivity contribution < 1.29 is 4.79 Å². The molecule has 1 aromatic rings. The standard InChI is InChI=1S/C11H20N6O/c1-16(7-10-13-14-15-17(10)2)11(18)6-8-4-3-5-9(8)12/h8-9H,3-7,12H2,1-2H3/t8-,9+/m0/s1. The summed E-state index contributed by atoms with van der Waals surface area (Å²) >= 11 is 0. The lowest BCUT2D eigenvalue weighted by molar-refractivity contribution is -0.131. The summed E-state index contributed by atoms with van der Waals surface area (Å²) in [4.78, 5) is 13.7. The number of hydrogen-bond acceptors (Lipinski definition) is 5. The molecular formula is C11H20N6O. The van der Waals surface area contributed by atoms with E-state index in [1.165, 1.54) is 0 Å². The molecular weight excluding hydrogens is 232 g/mol. The van der Waals surface area contributed by atoms with Crippen molar-refractivity contribution in [2.24, 2.45) is 18.7 Å². The molecule has 100 valence electrons. The summed E-state index contributed by atoms with van der Waals surface area (Å²) in [5, 5.41) is 11.2. The fourth-order valence-electron chi connectivity index (χ4n) is 2.38. The second kappa shape index (κ2) is 5.43. The second-order valence-corrected chi connectivity index (χ2v) is 5.03. The SMILES string of the molecule is CN(Cc1nnnn1C)C(=O)C[C@@H]1CCC[C@H]1N. The van der Waals surface area contributed by atoms with Crippen LogP contribution in [-0.2, 0) is 18.4 Å². The highest BCUT2D eigenvalue weighted by atomic mass is 16.2. The summed E-state index contributed by atoms with van der Waals surface area (Å²) < 4.78 is 1.57. The van der Waals surface area contributed by atoms with E-state index in [1.54, 1.807) is 23.7 Å². The van der Waals surface area contributed by atoms with Crippen molar-refractivity contribution >= 4 is 5.91 Å². The van der Waals surface area contributed by atoms with Gasteiger partial charge >= 0.3 is 0 Å². The van der Waals surface area contributed by atoms with Gasteiger partial charge in [-0.1, -0.05) is 6.42 Å². The number of aromatic nitrogens is 4. The first-order chi connectivity index (χ1) is 8.58. The fraction of sp³-hybridized carbons (Fsp3) is 0.818. The van der Waals surface area contributed by atoms with Gasteiger partial charge < -0.3 is 10.6 Å². The quantitative estimate of drug-likeness (QED) is 0.793. The number of amides is 1. The molecule has 7 heteroatoms.